The fourth-order valence-electron chi connectivity index (χ4n) is 4.88. The number of carbonyl (C=O) groups excluding carboxylic acids is 1. The number of benzene rings is 1. The van der Waals surface area contributed by atoms with Crippen LogP contribution in [0, 0.1) is 29.4 Å². The SMILES string of the molecule is CC(C)c1noc(N2CCC(C3CC3CCOc3cc(F)c(C(=O)NC(C)(C)CO)c(F)c3)CC2)n1. The van der Waals surface area contributed by atoms with Gasteiger partial charge in [0.05, 0.1) is 18.8 Å². The smallest absolute Gasteiger partial charge is 0.324 e. The molecule has 1 aliphatic heterocycles. The lowest BCUT2D eigenvalue weighted by Gasteiger charge is -2.30. The second-order valence-corrected chi connectivity index (χ2v) is 11.0. The van der Waals surface area contributed by atoms with Crippen molar-refractivity contribution in [3.8, 4) is 5.75 Å². The molecular formula is C26H36F2N4O4. The summed E-state index contributed by atoms with van der Waals surface area (Å²) in [6.07, 6.45) is 4.12. The predicted molar refractivity (Wildman–Crippen MR) is 130 cm³/mol. The summed E-state index contributed by atoms with van der Waals surface area (Å²) >= 11 is 0. The van der Waals surface area contributed by atoms with E-state index in [1.165, 1.54) is 0 Å². The molecule has 1 aromatic heterocycles. The molecule has 1 amide bonds. The normalized spacial score (nSPS) is 20.6. The first-order valence-electron chi connectivity index (χ1n) is 12.7. The number of nitrogens with zero attached hydrogens (tertiary/aromatic N) is 3. The van der Waals surface area contributed by atoms with E-state index >= 15 is 0 Å². The number of aliphatic hydroxyl groups is 1. The largest absolute Gasteiger partial charge is 0.493 e. The zero-order valence-electron chi connectivity index (χ0n) is 21.4. The van der Waals surface area contributed by atoms with E-state index in [1.54, 1.807) is 13.8 Å². The van der Waals surface area contributed by atoms with Crippen LogP contribution in [0.15, 0.2) is 16.7 Å². The van der Waals surface area contributed by atoms with Crippen molar-refractivity contribution in [2.45, 2.75) is 64.8 Å². The molecule has 10 heteroatoms. The number of aromatic nitrogens is 2. The summed E-state index contributed by atoms with van der Waals surface area (Å²) in [4.78, 5) is 18.9. The maximum atomic E-state index is 14.5. The second kappa shape index (κ2) is 10.7. The minimum absolute atomic E-state index is 0.0637. The Hall–Kier alpha value is -2.75. The average molecular weight is 507 g/mol. The first-order valence-corrected chi connectivity index (χ1v) is 12.7. The molecule has 2 N–H and O–H groups in total. The Morgan fingerprint density at radius 2 is 1.94 bits per heavy atom. The van der Waals surface area contributed by atoms with E-state index in [-0.39, 0.29) is 18.3 Å². The van der Waals surface area contributed by atoms with Crippen LogP contribution in [0.3, 0.4) is 0 Å². The third-order valence-electron chi connectivity index (χ3n) is 7.19. The lowest BCUT2D eigenvalue weighted by Crippen LogP contribution is -2.46. The lowest BCUT2D eigenvalue weighted by atomic mass is 9.90. The number of hydrogen-bond acceptors (Lipinski definition) is 7. The van der Waals surface area contributed by atoms with Gasteiger partial charge in [-0.05, 0) is 57.3 Å². The van der Waals surface area contributed by atoms with E-state index in [0.29, 0.717) is 30.4 Å². The summed E-state index contributed by atoms with van der Waals surface area (Å²) in [6, 6.07) is 2.68. The number of hydrogen-bond donors (Lipinski definition) is 2. The van der Waals surface area contributed by atoms with Gasteiger partial charge in [-0.1, -0.05) is 19.0 Å². The van der Waals surface area contributed by atoms with E-state index in [2.05, 4.69) is 20.4 Å². The standard InChI is InChI=1S/C26H36F2N4O4/c1-15(2)23-29-25(36-31-23)32-8-5-16(6-9-32)19-11-17(19)7-10-35-18-12-20(27)22(21(28)13-18)24(34)30-26(3,4)14-33/h12-13,15-17,19,33H,5-11,14H2,1-4H3,(H,30,34). The third kappa shape index (κ3) is 6.14. The Balaban J connectivity index is 1.21. The molecule has 198 valence electrons. The highest BCUT2D eigenvalue weighted by Crippen LogP contribution is 2.50. The summed E-state index contributed by atoms with van der Waals surface area (Å²) in [7, 11) is 0. The van der Waals surface area contributed by atoms with Crippen molar-refractivity contribution in [2.24, 2.45) is 17.8 Å². The van der Waals surface area contributed by atoms with Crippen LogP contribution in [0.25, 0.3) is 0 Å². The highest BCUT2D eigenvalue weighted by molar-refractivity contribution is 5.95. The molecular weight excluding hydrogens is 470 g/mol. The molecule has 8 nitrogen and oxygen atoms in total. The van der Waals surface area contributed by atoms with E-state index in [4.69, 9.17) is 9.26 Å². The van der Waals surface area contributed by atoms with Crippen LogP contribution in [0.5, 0.6) is 5.75 Å². The fourth-order valence-corrected chi connectivity index (χ4v) is 4.88. The monoisotopic (exact) mass is 506 g/mol. The van der Waals surface area contributed by atoms with Gasteiger partial charge in [0, 0.05) is 31.1 Å². The van der Waals surface area contributed by atoms with Crippen LogP contribution in [0.2, 0.25) is 0 Å². The lowest BCUT2D eigenvalue weighted by molar-refractivity contribution is 0.0860. The Morgan fingerprint density at radius 3 is 2.53 bits per heavy atom. The minimum atomic E-state index is -0.993. The third-order valence-corrected chi connectivity index (χ3v) is 7.19. The Labute approximate surface area is 210 Å². The molecule has 0 bridgehead atoms. The Bertz CT molecular complexity index is 1040. The number of rotatable bonds is 10. The maximum absolute atomic E-state index is 14.5. The molecule has 2 aliphatic rings. The van der Waals surface area contributed by atoms with E-state index in [0.717, 1.165) is 56.7 Å². The van der Waals surface area contributed by atoms with Gasteiger partial charge in [0.15, 0.2) is 5.82 Å². The molecule has 1 aromatic carbocycles. The number of aliphatic hydroxyl groups excluding tert-OH is 1. The number of nitrogens with one attached hydrogen (secondary N) is 1. The van der Waals surface area contributed by atoms with Crippen LogP contribution in [-0.2, 0) is 0 Å². The summed E-state index contributed by atoms with van der Waals surface area (Å²) in [5.74, 6) is -0.00708. The topological polar surface area (TPSA) is 101 Å². The number of anilines is 1. The van der Waals surface area contributed by atoms with Crippen LogP contribution >= 0.6 is 0 Å². The van der Waals surface area contributed by atoms with Crippen molar-refractivity contribution in [3.63, 3.8) is 0 Å². The van der Waals surface area contributed by atoms with Crippen molar-refractivity contribution in [3.05, 3.63) is 35.2 Å². The second-order valence-electron chi connectivity index (χ2n) is 11.0. The van der Waals surface area contributed by atoms with Gasteiger partial charge in [-0.15, -0.1) is 0 Å². The average Bonchev–Trinajstić information content (AvgIpc) is 3.41. The van der Waals surface area contributed by atoms with Crippen molar-refractivity contribution >= 4 is 11.9 Å². The van der Waals surface area contributed by atoms with E-state index < -0.39 is 28.6 Å². The first kappa shape index (κ1) is 26.3. The number of halogens is 2. The van der Waals surface area contributed by atoms with Crippen molar-refractivity contribution < 1.29 is 27.9 Å². The number of piperidine rings is 1. The molecule has 1 aliphatic carbocycles. The van der Waals surface area contributed by atoms with Crippen LogP contribution in [0.1, 0.15) is 75.5 Å². The molecule has 2 aromatic rings. The highest BCUT2D eigenvalue weighted by Gasteiger charge is 2.43. The van der Waals surface area contributed by atoms with Crippen molar-refractivity contribution in [1.29, 1.82) is 0 Å². The Kier molecular flexibility index (Phi) is 7.82. The number of carbonyl (C=O) groups is 1. The zero-order chi connectivity index (χ0) is 26.0. The fraction of sp³-hybridized carbons (Fsp3) is 0.654. The van der Waals surface area contributed by atoms with Gasteiger partial charge in [-0.25, -0.2) is 8.78 Å². The molecule has 1 saturated carbocycles. The summed E-state index contributed by atoms with van der Waals surface area (Å²) in [6.45, 7) is 9.01. The molecule has 0 spiro atoms. The first-order chi connectivity index (χ1) is 17.1. The zero-order valence-corrected chi connectivity index (χ0v) is 21.4. The summed E-state index contributed by atoms with van der Waals surface area (Å²) in [5, 5.41) is 15.7. The number of amides is 1. The Morgan fingerprint density at radius 1 is 1.28 bits per heavy atom. The summed E-state index contributed by atoms with van der Waals surface area (Å²) in [5.41, 5.74) is -1.68. The quantitative estimate of drug-likeness (QED) is 0.496. The minimum Gasteiger partial charge on any atom is -0.493 e. The van der Waals surface area contributed by atoms with E-state index in [9.17, 15) is 18.7 Å². The highest BCUT2D eigenvalue weighted by atomic mass is 19.1. The molecule has 2 heterocycles. The van der Waals surface area contributed by atoms with Crippen LogP contribution in [-0.4, -0.2) is 53.0 Å². The van der Waals surface area contributed by atoms with Gasteiger partial charge in [0.1, 0.15) is 22.9 Å². The van der Waals surface area contributed by atoms with Gasteiger partial charge in [0.25, 0.3) is 5.91 Å². The van der Waals surface area contributed by atoms with Gasteiger partial charge in [-0.3, -0.25) is 4.79 Å². The van der Waals surface area contributed by atoms with Crippen molar-refractivity contribution in [1.82, 2.24) is 15.5 Å². The van der Waals surface area contributed by atoms with Gasteiger partial charge in [0.2, 0.25) is 0 Å². The molecule has 2 fully saturated rings. The molecule has 36 heavy (non-hydrogen) atoms. The van der Waals surface area contributed by atoms with Gasteiger partial charge < -0.3 is 24.6 Å². The molecule has 4 rings (SSSR count). The molecule has 2 atom stereocenters. The molecule has 0 radical (unpaired) electrons. The van der Waals surface area contributed by atoms with Gasteiger partial charge in [-0.2, -0.15) is 4.98 Å². The van der Waals surface area contributed by atoms with E-state index in [1.807, 2.05) is 13.8 Å². The van der Waals surface area contributed by atoms with Crippen LogP contribution < -0.4 is 15.0 Å². The number of ether oxygens (including phenoxy) is 1. The summed E-state index contributed by atoms with van der Waals surface area (Å²) < 4.78 is 40.0. The predicted octanol–water partition coefficient (Wildman–Crippen LogP) is 4.29. The maximum Gasteiger partial charge on any atom is 0.324 e. The molecule has 1 saturated heterocycles. The van der Waals surface area contributed by atoms with Gasteiger partial charge >= 0.3 is 6.01 Å². The van der Waals surface area contributed by atoms with Crippen LogP contribution in [0.4, 0.5) is 14.8 Å². The van der Waals surface area contributed by atoms with Crippen molar-refractivity contribution in [2.75, 3.05) is 31.2 Å². The molecule has 2 unspecified atom stereocenters.